The number of ether oxygens (including phenoxy) is 1. The summed E-state index contributed by atoms with van der Waals surface area (Å²) in [7, 11) is 0. The highest BCUT2D eigenvalue weighted by molar-refractivity contribution is 5.83. The molecule has 2 aromatic carbocycles. The lowest BCUT2D eigenvalue weighted by atomic mass is 10.0. The summed E-state index contributed by atoms with van der Waals surface area (Å²) in [5.41, 5.74) is 1.07. The minimum atomic E-state index is -0.187. The summed E-state index contributed by atoms with van der Waals surface area (Å²) in [6.45, 7) is 3.40. The van der Waals surface area contributed by atoms with Gasteiger partial charge in [-0.2, -0.15) is 0 Å². The molecule has 0 aliphatic heterocycles. The van der Waals surface area contributed by atoms with Gasteiger partial charge in [-0.15, -0.1) is 0 Å². The van der Waals surface area contributed by atoms with Crippen LogP contribution in [0.3, 0.4) is 0 Å². The maximum atomic E-state index is 11.9. The molecular formula is C18H24N2O3. The summed E-state index contributed by atoms with van der Waals surface area (Å²) in [5.74, 6) is 0. The molecule has 2 amide bonds. The molecule has 0 heterocycles. The van der Waals surface area contributed by atoms with E-state index in [9.17, 15) is 4.79 Å². The van der Waals surface area contributed by atoms with E-state index in [-0.39, 0.29) is 18.7 Å². The summed E-state index contributed by atoms with van der Waals surface area (Å²) in [4.78, 5) is 11.9. The number of aliphatic hydroxyl groups is 1. The number of nitrogens with one attached hydrogen (secondary N) is 2. The third-order valence-electron chi connectivity index (χ3n) is 3.61. The second kappa shape index (κ2) is 9.12. The lowest BCUT2D eigenvalue weighted by Crippen LogP contribution is -2.37. The molecule has 5 heteroatoms. The van der Waals surface area contributed by atoms with Crippen molar-refractivity contribution in [3.63, 3.8) is 0 Å². The molecule has 1 unspecified atom stereocenters. The molecule has 0 spiro atoms. The number of benzene rings is 2. The molecule has 0 radical (unpaired) electrons. The van der Waals surface area contributed by atoms with Gasteiger partial charge in [0.15, 0.2) is 0 Å². The first kappa shape index (κ1) is 17.2. The van der Waals surface area contributed by atoms with Crippen LogP contribution in [0.4, 0.5) is 4.79 Å². The number of hydrogen-bond acceptors (Lipinski definition) is 3. The van der Waals surface area contributed by atoms with Crippen LogP contribution in [0.1, 0.15) is 24.9 Å². The molecule has 2 rings (SSSR count). The SMILES string of the molecule is CC(NC(=O)NCCCOCCO)c1ccc2ccccc2c1. The number of carbonyl (C=O) groups excluding carboxylic acids is 1. The van der Waals surface area contributed by atoms with Crippen LogP contribution in [0.25, 0.3) is 10.8 Å². The molecule has 0 aromatic heterocycles. The third kappa shape index (κ3) is 5.54. The van der Waals surface area contributed by atoms with Gasteiger partial charge in [-0.1, -0.05) is 36.4 Å². The Morgan fingerprint density at radius 1 is 1.17 bits per heavy atom. The Morgan fingerprint density at radius 2 is 1.96 bits per heavy atom. The zero-order valence-corrected chi connectivity index (χ0v) is 13.4. The van der Waals surface area contributed by atoms with Gasteiger partial charge < -0.3 is 20.5 Å². The van der Waals surface area contributed by atoms with E-state index in [1.807, 2.05) is 25.1 Å². The van der Waals surface area contributed by atoms with E-state index in [4.69, 9.17) is 9.84 Å². The van der Waals surface area contributed by atoms with Crippen LogP contribution >= 0.6 is 0 Å². The van der Waals surface area contributed by atoms with Gasteiger partial charge in [-0.3, -0.25) is 0 Å². The van der Waals surface area contributed by atoms with Crippen molar-refractivity contribution in [3.8, 4) is 0 Å². The summed E-state index contributed by atoms with van der Waals surface area (Å²) in [5, 5.41) is 16.7. The number of carbonyl (C=O) groups is 1. The Hall–Kier alpha value is -2.11. The molecule has 23 heavy (non-hydrogen) atoms. The predicted molar refractivity (Wildman–Crippen MR) is 91.4 cm³/mol. The number of aliphatic hydroxyl groups excluding tert-OH is 1. The average Bonchev–Trinajstić information content (AvgIpc) is 2.57. The first-order chi connectivity index (χ1) is 11.2. The molecule has 0 fully saturated rings. The highest BCUT2D eigenvalue weighted by Gasteiger charge is 2.09. The van der Waals surface area contributed by atoms with E-state index < -0.39 is 0 Å². The number of amides is 2. The van der Waals surface area contributed by atoms with E-state index in [1.54, 1.807) is 0 Å². The molecule has 0 aliphatic carbocycles. The number of rotatable bonds is 8. The predicted octanol–water partition coefficient (Wildman–Crippen LogP) is 2.60. The number of fused-ring (bicyclic) bond motifs is 1. The van der Waals surface area contributed by atoms with Crippen molar-refractivity contribution >= 4 is 16.8 Å². The van der Waals surface area contributed by atoms with Crippen LogP contribution in [-0.4, -0.2) is 37.5 Å². The molecule has 124 valence electrons. The summed E-state index contributed by atoms with van der Waals surface area (Å²) >= 11 is 0. The Bertz CT molecular complexity index is 630. The van der Waals surface area contributed by atoms with Gasteiger partial charge in [-0.05, 0) is 35.7 Å². The second-order valence-electron chi connectivity index (χ2n) is 5.42. The highest BCUT2D eigenvalue weighted by atomic mass is 16.5. The molecule has 2 aromatic rings. The maximum absolute atomic E-state index is 11.9. The zero-order valence-electron chi connectivity index (χ0n) is 13.4. The molecule has 5 nitrogen and oxygen atoms in total. The van der Waals surface area contributed by atoms with E-state index >= 15 is 0 Å². The van der Waals surface area contributed by atoms with Gasteiger partial charge in [0, 0.05) is 13.2 Å². The topological polar surface area (TPSA) is 70.6 Å². The highest BCUT2D eigenvalue weighted by Crippen LogP contribution is 2.20. The standard InChI is InChI=1S/C18H24N2O3/c1-14(20-18(22)19-9-4-11-23-12-10-21)16-8-7-15-5-2-3-6-17(15)13-16/h2-3,5-8,13-14,21H,4,9-12H2,1H3,(H2,19,20,22). The quantitative estimate of drug-likeness (QED) is 0.656. The molecule has 0 saturated heterocycles. The lowest BCUT2D eigenvalue weighted by molar-refractivity contribution is 0.0909. The van der Waals surface area contributed by atoms with E-state index in [1.165, 1.54) is 10.8 Å². The van der Waals surface area contributed by atoms with Gasteiger partial charge in [0.1, 0.15) is 0 Å². The van der Waals surface area contributed by atoms with Crippen molar-refractivity contribution < 1.29 is 14.6 Å². The molecule has 1 atom stereocenters. The zero-order chi connectivity index (χ0) is 16.5. The average molecular weight is 316 g/mol. The Balaban J connectivity index is 1.78. The molecule has 0 bridgehead atoms. The van der Waals surface area contributed by atoms with Crippen LogP contribution in [0.2, 0.25) is 0 Å². The van der Waals surface area contributed by atoms with Crippen LogP contribution in [0.5, 0.6) is 0 Å². The molecular weight excluding hydrogens is 292 g/mol. The van der Waals surface area contributed by atoms with Crippen molar-refractivity contribution in [1.29, 1.82) is 0 Å². The Labute approximate surface area is 136 Å². The van der Waals surface area contributed by atoms with E-state index in [0.717, 1.165) is 12.0 Å². The number of hydrogen-bond donors (Lipinski definition) is 3. The fourth-order valence-corrected chi connectivity index (χ4v) is 2.35. The van der Waals surface area contributed by atoms with Gasteiger partial charge >= 0.3 is 6.03 Å². The fourth-order valence-electron chi connectivity index (χ4n) is 2.35. The second-order valence-corrected chi connectivity index (χ2v) is 5.42. The van der Waals surface area contributed by atoms with Crippen molar-refractivity contribution in [3.05, 3.63) is 48.0 Å². The van der Waals surface area contributed by atoms with Crippen LogP contribution in [-0.2, 0) is 4.74 Å². The van der Waals surface area contributed by atoms with Crippen molar-refractivity contribution in [2.24, 2.45) is 0 Å². The smallest absolute Gasteiger partial charge is 0.315 e. The Kier molecular flexibility index (Phi) is 6.84. The summed E-state index contributed by atoms with van der Waals surface area (Å²) in [6, 6.07) is 14.1. The number of urea groups is 1. The Morgan fingerprint density at radius 3 is 2.74 bits per heavy atom. The minimum absolute atomic E-state index is 0.0250. The van der Waals surface area contributed by atoms with Crippen LogP contribution < -0.4 is 10.6 Å². The first-order valence-corrected chi connectivity index (χ1v) is 7.92. The van der Waals surface area contributed by atoms with Crippen LogP contribution in [0, 0.1) is 0 Å². The van der Waals surface area contributed by atoms with E-state index in [2.05, 4.69) is 34.9 Å². The molecule has 3 N–H and O–H groups in total. The summed E-state index contributed by atoms with van der Waals surface area (Å²) in [6.07, 6.45) is 0.720. The van der Waals surface area contributed by atoms with Gasteiger partial charge in [-0.25, -0.2) is 4.79 Å². The van der Waals surface area contributed by atoms with Crippen LogP contribution in [0.15, 0.2) is 42.5 Å². The van der Waals surface area contributed by atoms with Crippen molar-refractivity contribution in [2.45, 2.75) is 19.4 Å². The maximum Gasteiger partial charge on any atom is 0.315 e. The molecule has 0 saturated carbocycles. The lowest BCUT2D eigenvalue weighted by Gasteiger charge is -2.16. The van der Waals surface area contributed by atoms with Crippen molar-refractivity contribution in [2.75, 3.05) is 26.4 Å². The van der Waals surface area contributed by atoms with Gasteiger partial charge in [0.05, 0.1) is 19.3 Å². The minimum Gasteiger partial charge on any atom is -0.394 e. The monoisotopic (exact) mass is 316 g/mol. The largest absolute Gasteiger partial charge is 0.394 e. The van der Waals surface area contributed by atoms with Gasteiger partial charge in [0.2, 0.25) is 0 Å². The van der Waals surface area contributed by atoms with E-state index in [0.29, 0.717) is 19.8 Å². The normalized spacial score (nSPS) is 12.1. The summed E-state index contributed by atoms with van der Waals surface area (Å²) < 4.78 is 5.13. The fraction of sp³-hybridized carbons (Fsp3) is 0.389. The molecule has 0 aliphatic rings. The first-order valence-electron chi connectivity index (χ1n) is 7.92. The third-order valence-corrected chi connectivity index (χ3v) is 3.61. The van der Waals surface area contributed by atoms with Gasteiger partial charge in [0.25, 0.3) is 0 Å². The van der Waals surface area contributed by atoms with Crippen molar-refractivity contribution in [1.82, 2.24) is 10.6 Å².